The van der Waals surface area contributed by atoms with Crippen LogP contribution in [0.25, 0.3) is 5.70 Å². The topological polar surface area (TPSA) is 57.1 Å². The van der Waals surface area contributed by atoms with E-state index < -0.39 is 0 Å². The molecule has 27 heavy (non-hydrogen) atoms. The maximum atomic E-state index is 13.0. The highest BCUT2D eigenvalue weighted by molar-refractivity contribution is 9.10. The Kier molecular flexibility index (Phi) is 5.39. The van der Waals surface area contributed by atoms with Crippen LogP contribution in [-0.4, -0.2) is 21.8 Å². The Morgan fingerprint density at radius 2 is 2.22 bits per heavy atom. The van der Waals surface area contributed by atoms with Crippen LogP contribution in [0.5, 0.6) is 0 Å². The number of rotatable bonds is 4. The Hall–Kier alpha value is -1.64. The average molecular weight is 463 g/mol. The summed E-state index contributed by atoms with van der Waals surface area (Å²) in [6.45, 7) is 4.23. The fraction of sp³-hybridized carbons (Fsp3) is 0.316. The molecule has 2 aliphatic heterocycles. The number of halogens is 1. The number of benzene rings is 1. The molecular formula is C19H19BrN4OS2. The summed E-state index contributed by atoms with van der Waals surface area (Å²) in [6, 6.07) is 7.91. The summed E-state index contributed by atoms with van der Waals surface area (Å²) in [4.78, 5) is 19.1. The first kappa shape index (κ1) is 18.7. The van der Waals surface area contributed by atoms with Crippen LogP contribution < -0.4 is 15.9 Å². The van der Waals surface area contributed by atoms with Gasteiger partial charge in [0.1, 0.15) is 5.70 Å². The smallest absolute Gasteiger partial charge is 0.276 e. The molecule has 1 N–H and O–H groups in total. The van der Waals surface area contributed by atoms with Crippen LogP contribution in [0.3, 0.4) is 0 Å². The zero-order valence-electron chi connectivity index (χ0n) is 15.0. The Morgan fingerprint density at radius 3 is 2.96 bits per heavy atom. The van der Waals surface area contributed by atoms with Crippen molar-refractivity contribution in [3.05, 3.63) is 55.1 Å². The zero-order chi connectivity index (χ0) is 19.0. The van der Waals surface area contributed by atoms with Gasteiger partial charge < -0.3 is 0 Å². The first-order chi connectivity index (χ1) is 13.1. The number of unbranched alkanes of at least 4 members (excludes halogenated alkanes) is 1. The molecule has 1 atom stereocenters. The second-order valence-corrected chi connectivity index (χ2v) is 9.33. The molecule has 8 heteroatoms. The standard InChI is InChI=1S/C19H19BrN4OS2/c1-3-4-8-27-19-22-18(25)15-13-10-12(20)5-6-14(13)21-17(24(15)23-19)16-11(2)7-9-26-16/h5-7,9-10,17H,3-4,8H2,1-2H3,(H,22,23,25)/t17-/m0/s1. The quantitative estimate of drug-likeness (QED) is 0.707. The molecule has 3 heterocycles. The predicted octanol–water partition coefficient (Wildman–Crippen LogP) is 3.50. The monoisotopic (exact) mass is 462 g/mol. The van der Waals surface area contributed by atoms with E-state index >= 15 is 0 Å². The minimum Gasteiger partial charge on any atom is -0.298 e. The van der Waals surface area contributed by atoms with Crippen molar-refractivity contribution in [3.63, 3.8) is 0 Å². The van der Waals surface area contributed by atoms with Gasteiger partial charge in [0.15, 0.2) is 11.3 Å². The second kappa shape index (κ2) is 7.77. The third kappa shape index (κ3) is 3.58. The Morgan fingerprint density at radius 1 is 1.37 bits per heavy atom. The van der Waals surface area contributed by atoms with E-state index in [1.807, 2.05) is 18.2 Å². The summed E-state index contributed by atoms with van der Waals surface area (Å²) in [5, 5.41) is 13.8. The molecule has 140 valence electrons. The van der Waals surface area contributed by atoms with E-state index in [0.717, 1.165) is 44.1 Å². The van der Waals surface area contributed by atoms with Crippen molar-refractivity contribution in [3.8, 4) is 0 Å². The lowest BCUT2D eigenvalue weighted by Gasteiger charge is -2.33. The van der Waals surface area contributed by atoms with Crippen molar-refractivity contribution in [2.24, 2.45) is 10.1 Å². The van der Waals surface area contributed by atoms with Crippen molar-refractivity contribution in [2.75, 3.05) is 5.75 Å². The van der Waals surface area contributed by atoms with Gasteiger partial charge in [0, 0.05) is 15.4 Å². The number of carbonyl (C=O) groups excluding carboxylic acids is 1. The van der Waals surface area contributed by atoms with Gasteiger partial charge in [-0.2, -0.15) is 0 Å². The maximum absolute atomic E-state index is 13.0. The molecule has 4 rings (SSSR count). The molecule has 0 bridgehead atoms. The predicted molar refractivity (Wildman–Crippen MR) is 115 cm³/mol. The molecule has 1 aromatic carbocycles. The Labute approximate surface area is 174 Å². The first-order valence-electron chi connectivity index (χ1n) is 8.82. The highest BCUT2D eigenvalue weighted by Gasteiger charge is 2.35. The normalized spacial score (nSPS) is 18.4. The van der Waals surface area contributed by atoms with Crippen LogP contribution in [0, 0.1) is 6.92 Å². The van der Waals surface area contributed by atoms with E-state index in [0.29, 0.717) is 10.9 Å². The molecular weight excluding hydrogens is 444 g/mol. The molecule has 0 radical (unpaired) electrons. The minimum absolute atomic E-state index is 0.127. The van der Waals surface area contributed by atoms with Crippen molar-refractivity contribution in [1.82, 2.24) is 10.3 Å². The van der Waals surface area contributed by atoms with Crippen LogP contribution in [-0.2, 0) is 4.79 Å². The molecule has 0 aliphatic carbocycles. The van der Waals surface area contributed by atoms with Crippen LogP contribution in [0.4, 0.5) is 0 Å². The van der Waals surface area contributed by atoms with E-state index in [4.69, 9.17) is 10.1 Å². The molecule has 2 aromatic rings. The lowest BCUT2D eigenvalue weighted by atomic mass is 10.1. The van der Waals surface area contributed by atoms with Gasteiger partial charge in [0.2, 0.25) is 0 Å². The number of thioether (sulfide) groups is 1. The molecule has 0 saturated heterocycles. The van der Waals surface area contributed by atoms with Crippen molar-refractivity contribution >= 4 is 55.8 Å². The highest BCUT2D eigenvalue weighted by Crippen LogP contribution is 2.35. The summed E-state index contributed by atoms with van der Waals surface area (Å²) in [5.41, 5.74) is 1.72. The van der Waals surface area contributed by atoms with E-state index in [9.17, 15) is 4.79 Å². The van der Waals surface area contributed by atoms with Gasteiger partial charge in [0.05, 0.1) is 10.2 Å². The molecule has 0 spiro atoms. The number of amides is 1. The summed E-state index contributed by atoms with van der Waals surface area (Å²) < 4.78 is 0.912. The average Bonchev–Trinajstić information content (AvgIpc) is 3.07. The van der Waals surface area contributed by atoms with Gasteiger partial charge in [-0.05, 0) is 48.6 Å². The molecule has 2 aliphatic rings. The van der Waals surface area contributed by atoms with Gasteiger partial charge >= 0.3 is 0 Å². The van der Waals surface area contributed by atoms with E-state index in [2.05, 4.69) is 46.5 Å². The largest absolute Gasteiger partial charge is 0.298 e. The SMILES string of the molecule is CCCCSC1=NN2C(=c3cc(Br)ccc3=N[C@@H]2c2sccc2C)C(=O)N1. The van der Waals surface area contributed by atoms with Crippen LogP contribution in [0.2, 0.25) is 0 Å². The van der Waals surface area contributed by atoms with Gasteiger partial charge in [0.25, 0.3) is 5.91 Å². The molecule has 5 nitrogen and oxygen atoms in total. The van der Waals surface area contributed by atoms with Crippen molar-refractivity contribution in [1.29, 1.82) is 0 Å². The summed E-state index contributed by atoms with van der Waals surface area (Å²) >= 11 is 6.74. The number of fused-ring (bicyclic) bond motifs is 2. The Balaban J connectivity index is 1.87. The van der Waals surface area contributed by atoms with E-state index in [-0.39, 0.29) is 12.1 Å². The molecule has 1 amide bonds. The van der Waals surface area contributed by atoms with Crippen LogP contribution in [0.1, 0.15) is 36.4 Å². The maximum Gasteiger partial charge on any atom is 0.276 e. The van der Waals surface area contributed by atoms with Crippen LogP contribution >= 0.6 is 39.0 Å². The summed E-state index contributed by atoms with van der Waals surface area (Å²) in [5.74, 6) is 0.804. The lowest BCUT2D eigenvalue weighted by molar-refractivity contribution is -0.116. The van der Waals surface area contributed by atoms with Crippen molar-refractivity contribution in [2.45, 2.75) is 32.9 Å². The number of nitrogens with zero attached hydrogens (tertiary/aromatic N) is 3. The summed E-state index contributed by atoms with van der Waals surface area (Å²) in [7, 11) is 0. The van der Waals surface area contributed by atoms with Gasteiger partial charge in [-0.3, -0.25) is 15.1 Å². The van der Waals surface area contributed by atoms with Gasteiger partial charge in [-0.1, -0.05) is 41.0 Å². The lowest BCUT2D eigenvalue weighted by Crippen LogP contribution is -2.50. The third-order valence-electron chi connectivity index (χ3n) is 4.44. The third-order valence-corrected chi connectivity index (χ3v) is 6.94. The van der Waals surface area contributed by atoms with Crippen LogP contribution in [0.15, 0.2) is 44.2 Å². The number of aryl methyl sites for hydroxylation is 1. The molecule has 0 saturated carbocycles. The summed E-state index contributed by atoms with van der Waals surface area (Å²) in [6.07, 6.45) is 1.88. The number of carbonyl (C=O) groups is 1. The number of hydrazone groups is 1. The van der Waals surface area contributed by atoms with Gasteiger partial charge in [-0.15, -0.1) is 16.4 Å². The van der Waals surface area contributed by atoms with Gasteiger partial charge in [-0.25, -0.2) is 5.01 Å². The van der Waals surface area contributed by atoms with E-state index in [1.165, 1.54) is 0 Å². The fourth-order valence-corrected chi connectivity index (χ4v) is 5.29. The Bertz CT molecular complexity index is 1050. The molecule has 1 aromatic heterocycles. The number of thiophene rings is 1. The minimum atomic E-state index is -0.318. The number of hydrogen-bond acceptors (Lipinski definition) is 6. The second-order valence-electron chi connectivity index (χ2n) is 6.39. The number of amidine groups is 1. The molecule has 0 unspecified atom stereocenters. The van der Waals surface area contributed by atoms with Crippen molar-refractivity contribution < 1.29 is 4.79 Å². The number of hydrogen-bond donors (Lipinski definition) is 1. The zero-order valence-corrected chi connectivity index (χ0v) is 18.2. The number of nitrogens with one attached hydrogen (secondary N) is 1. The highest BCUT2D eigenvalue weighted by atomic mass is 79.9. The van der Waals surface area contributed by atoms with E-state index in [1.54, 1.807) is 28.1 Å². The first-order valence-corrected chi connectivity index (χ1v) is 11.5. The molecule has 0 fully saturated rings. The fourth-order valence-electron chi connectivity index (χ4n) is 3.05.